The second kappa shape index (κ2) is 4.46. The van der Waals surface area contributed by atoms with E-state index >= 15 is 0 Å². The average molecular weight is 240 g/mol. The molecular weight excluding hydrogens is 224 g/mol. The molecule has 2 rings (SSSR count). The van der Waals surface area contributed by atoms with Gasteiger partial charge in [0.2, 0.25) is 5.91 Å². The maximum absolute atomic E-state index is 11.9. The first-order valence-corrected chi connectivity index (χ1v) is 5.60. The largest absolute Gasteiger partial charge is 0.479 e. The molecule has 1 fully saturated rings. The lowest BCUT2D eigenvalue weighted by Gasteiger charge is -2.25. The number of aliphatic carboxylic acids is 1. The average Bonchev–Trinajstić information content (AvgIpc) is 2.87. The van der Waals surface area contributed by atoms with Crippen LogP contribution in [0.3, 0.4) is 0 Å². The van der Waals surface area contributed by atoms with Crippen molar-refractivity contribution < 1.29 is 19.4 Å². The highest BCUT2D eigenvalue weighted by Gasteiger charge is 2.44. The first kappa shape index (κ1) is 12.1. The molecule has 0 saturated carbocycles. The van der Waals surface area contributed by atoms with Crippen LogP contribution in [0.5, 0.6) is 0 Å². The maximum atomic E-state index is 11.9. The number of carbonyl (C=O) groups is 2. The van der Waals surface area contributed by atoms with E-state index in [1.54, 1.807) is 12.2 Å². The van der Waals surface area contributed by atoms with E-state index in [0.717, 1.165) is 0 Å². The quantitative estimate of drug-likeness (QED) is 0.563. The van der Waals surface area contributed by atoms with Crippen LogP contribution in [0.15, 0.2) is 12.2 Å². The lowest BCUT2D eigenvalue weighted by Crippen LogP contribution is -2.56. The third-order valence-corrected chi connectivity index (χ3v) is 3.25. The highest BCUT2D eigenvalue weighted by Crippen LogP contribution is 2.22. The van der Waals surface area contributed by atoms with Crippen LogP contribution in [0, 0.1) is 5.92 Å². The Morgan fingerprint density at radius 2 is 2.24 bits per heavy atom. The lowest BCUT2D eigenvalue weighted by molar-refractivity contribution is -0.148. The summed E-state index contributed by atoms with van der Waals surface area (Å²) in [4.78, 5) is 23.1. The molecule has 17 heavy (non-hydrogen) atoms. The second-order valence-corrected chi connectivity index (χ2v) is 4.57. The summed E-state index contributed by atoms with van der Waals surface area (Å²) in [6, 6.07) is -0.119. The number of carbonyl (C=O) groups excluding carboxylic acids is 1. The molecule has 1 saturated heterocycles. The predicted molar refractivity (Wildman–Crippen MR) is 59.2 cm³/mol. The Bertz CT molecular complexity index is 360. The van der Waals surface area contributed by atoms with Crippen LogP contribution in [0.1, 0.15) is 12.8 Å². The van der Waals surface area contributed by atoms with Gasteiger partial charge in [-0.25, -0.2) is 4.79 Å². The van der Waals surface area contributed by atoms with E-state index in [0.29, 0.717) is 19.4 Å². The lowest BCUT2D eigenvalue weighted by atomic mass is 9.97. The zero-order valence-corrected chi connectivity index (χ0v) is 9.39. The van der Waals surface area contributed by atoms with Crippen LogP contribution in [0.25, 0.3) is 0 Å². The molecule has 2 aliphatic rings. The molecule has 0 radical (unpaired) electrons. The molecule has 1 heterocycles. The fourth-order valence-corrected chi connectivity index (χ4v) is 2.14. The zero-order valence-electron chi connectivity index (χ0n) is 9.39. The Balaban J connectivity index is 2.02. The van der Waals surface area contributed by atoms with Crippen LogP contribution < -0.4 is 11.1 Å². The molecule has 4 N–H and O–H groups in total. The number of carboxylic acids is 1. The molecule has 3 unspecified atom stereocenters. The highest BCUT2D eigenvalue weighted by atomic mass is 16.5. The number of hydrogen-bond donors (Lipinski definition) is 3. The van der Waals surface area contributed by atoms with Crippen molar-refractivity contribution in [2.75, 3.05) is 13.2 Å². The van der Waals surface area contributed by atoms with E-state index < -0.39 is 11.5 Å². The fraction of sp³-hybridized carbons (Fsp3) is 0.636. The van der Waals surface area contributed by atoms with Crippen molar-refractivity contribution in [3.05, 3.63) is 12.2 Å². The van der Waals surface area contributed by atoms with Crippen molar-refractivity contribution >= 4 is 11.9 Å². The molecule has 0 aromatic carbocycles. The van der Waals surface area contributed by atoms with Gasteiger partial charge < -0.3 is 20.9 Å². The maximum Gasteiger partial charge on any atom is 0.331 e. The molecule has 1 aliphatic heterocycles. The SMILES string of the molecule is NC1C=CC(C(=O)NC2(C(=O)O)CCOC2)C1. The molecule has 0 bridgehead atoms. The van der Waals surface area contributed by atoms with Gasteiger partial charge in [-0.1, -0.05) is 12.2 Å². The van der Waals surface area contributed by atoms with E-state index in [4.69, 9.17) is 10.5 Å². The minimum Gasteiger partial charge on any atom is -0.479 e. The monoisotopic (exact) mass is 240 g/mol. The minimum atomic E-state index is -1.27. The van der Waals surface area contributed by atoms with Crippen LogP contribution >= 0.6 is 0 Å². The summed E-state index contributed by atoms with van der Waals surface area (Å²) in [7, 11) is 0. The molecular formula is C11H16N2O4. The van der Waals surface area contributed by atoms with Gasteiger partial charge in [-0.2, -0.15) is 0 Å². The summed E-state index contributed by atoms with van der Waals surface area (Å²) in [5, 5.41) is 11.8. The molecule has 0 aromatic rings. The van der Waals surface area contributed by atoms with E-state index in [-0.39, 0.29) is 24.5 Å². The number of nitrogens with one attached hydrogen (secondary N) is 1. The summed E-state index contributed by atoms with van der Waals surface area (Å²) >= 11 is 0. The summed E-state index contributed by atoms with van der Waals surface area (Å²) in [6.07, 6.45) is 4.33. The second-order valence-electron chi connectivity index (χ2n) is 4.57. The van der Waals surface area contributed by atoms with Crippen molar-refractivity contribution in [2.45, 2.75) is 24.4 Å². The van der Waals surface area contributed by atoms with Gasteiger partial charge in [0.1, 0.15) is 0 Å². The Labute approximate surface area is 98.8 Å². The number of rotatable bonds is 3. The van der Waals surface area contributed by atoms with E-state index in [1.165, 1.54) is 0 Å². The third kappa shape index (κ3) is 2.32. The van der Waals surface area contributed by atoms with Crippen molar-refractivity contribution in [2.24, 2.45) is 11.7 Å². The first-order chi connectivity index (χ1) is 8.03. The Kier molecular flexibility index (Phi) is 3.17. The molecule has 0 aromatic heterocycles. The van der Waals surface area contributed by atoms with Crippen molar-refractivity contribution in [1.82, 2.24) is 5.32 Å². The third-order valence-electron chi connectivity index (χ3n) is 3.25. The zero-order chi connectivity index (χ0) is 12.5. The van der Waals surface area contributed by atoms with Crippen molar-refractivity contribution in [3.8, 4) is 0 Å². The highest BCUT2D eigenvalue weighted by molar-refractivity contribution is 5.89. The van der Waals surface area contributed by atoms with Crippen LogP contribution in [-0.4, -0.2) is 41.8 Å². The molecule has 94 valence electrons. The van der Waals surface area contributed by atoms with Gasteiger partial charge in [0.05, 0.1) is 12.5 Å². The van der Waals surface area contributed by atoms with Crippen LogP contribution in [0.4, 0.5) is 0 Å². The minimum absolute atomic E-state index is 0.0244. The number of amides is 1. The number of ether oxygens (including phenoxy) is 1. The summed E-state index contributed by atoms with van der Waals surface area (Å²) < 4.78 is 5.07. The number of nitrogens with two attached hydrogens (primary N) is 1. The summed E-state index contributed by atoms with van der Waals surface area (Å²) in [5.41, 5.74) is 4.39. The van der Waals surface area contributed by atoms with Crippen molar-refractivity contribution in [3.63, 3.8) is 0 Å². The number of carboxylic acid groups (broad SMARTS) is 1. The number of hydrogen-bond acceptors (Lipinski definition) is 4. The molecule has 6 heteroatoms. The van der Waals surface area contributed by atoms with Crippen LogP contribution in [0.2, 0.25) is 0 Å². The Morgan fingerprint density at radius 3 is 2.71 bits per heavy atom. The molecule has 6 nitrogen and oxygen atoms in total. The predicted octanol–water partition coefficient (Wildman–Crippen LogP) is -0.750. The first-order valence-electron chi connectivity index (χ1n) is 5.60. The summed E-state index contributed by atoms with van der Waals surface area (Å²) in [6.45, 7) is 0.378. The van der Waals surface area contributed by atoms with Gasteiger partial charge >= 0.3 is 5.97 Å². The topological polar surface area (TPSA) is 102 Å². The van der Waals surface area contributed by atoms with E-state index in [2.05, 4.69) is 5.32 Å². The van der Waals surface area contributed by atoms with Gasteiger partial charge in [0.25, 0.3) is 0 Å². The van der Waals surface area contributed by atoms with Gasteiger partial charge in [-0.15, -0.1) is 0 Å². The molecule has 1 amide bonds. The molecule has 3 atom stereocenters. The molecule has 0 spiro atoms. The standard InChI is InChI=1S/C11H16N2O4/c12-8-2-1-7(5-8)9(14)13-11(10(15)16)3-4-17-6-11/h1-2,7-8H,3-6,12H2,(H,13,14)(H,15,16). The van der Waals surface area contributed by atoms with Gasteiger partial charge in [0.15, 0.2) is 5.54 Å². The summed E-state index contributed by atoms with van der Waals surface area (Å²) in [5.74, 6) is -1.67. The normalized spacial score (nSPS) is 36.1. The molecule has 1 aliphatic carbocycles. The van der Waals surface area contributed by atoms with Gasteiger partial charge in [0, 0.05) is 19.1 Å². The Morgan fingerprint density at radius 1 is 1.47 bits per heavy atom. The Hall–Kier alpha value is -1.40. The van der Waals surface area contributed by atoms with Crippen LogP contribution in [-0.2, 0) is 14.3 Å². The van der Waals surface area contributed by atoms with Gasteiger partial charge in [-0.05, 0) is 6.42 Å². The van der Waals surface area contributed by atoms with E-state index in [9.17, 15) is 14.7 Å². The van der Waals surface area contributed by atoms with Crippen molar-refractivity contribution in [1.29, 1.82) is 0 Å². The van der Waals surface area contributed by atoms with Gasteiger partial charge in [-0.3, -0.25) is 4.79 Å². The van der Waals surface area contributed by atoms with E-state index in [1.807, 2.05) is 0 Å². The smallest absolute Gasteiger partial charge is 0.331 e. The fourth-order valence-electron chi connectivity index (χ4n) is 2.14.